The fourth-order valence-electron chi connectivity index (χ4n) is 1.51. The first kappa shape index (κ1) is 15.4. The molecule has 0 aromatic heterocycles. The maximum absolute atomic E-state index is 11.3. The number of benzene rings is 1. The highest BCUT2D eigenvalue weighted by Crippen LogP contribution is 2.08. The minimum Gasteiger partial charge on any atom is -0.356 e. The number of hydrogen-bond donors (Lipinski definition) is 2. The molecule has 1 rings (SSSR count). The van der Waals surface area contributed by atoms with Crippen LogP contribution in [0.2, 0.25) is 0 Å². The van der Waals surface area contributed by atoms with E-state index in [0.717, 1.165) is 5.56 Å². The average Bonchev–Trinajstić information content (AvgIpc) is 2.36. The molecular weight excluding hydrogens is 264 g/mol. The molecule has 1 aromatic carbocycles. The van der Waals surface area contributed by atoms with Gasteiger partial charge in [-0.3, -0.25) is 4.79 Å². The summed E-state index contributed by atoms with van der Waals surface area (Å²) in [6.45, 7) is 4.07. The average molecular weight is 282 g/mol. The first-order valence-electron chi connectivity index (χ1n) is 5.93. The van der Waals surface area contributed by atoms with Gasteiger partial charge < -0.3 is 5.32 Å². The molecule has 0 fully saturated rings. The van der Waals surface area contributed by atoms with Crippen LogP contribution in [0.25, 0.3) is 0 Å². The zero-order valence-electron chi connectivity index (χ0n) is 10.6. The molecule has 0 bridgehead atoms. The number of rotatable bonds is 7. The quantitative estimate of drug-likeness (QED) is 0.730. The zero-order valence-corrected chi connectivity index (χ0v) is 11.4. The number of nitrogens with one attached hydrogen (secondary N) is 1. The van der Waals surface area contributed by atoms with Gasteiger partial charge in [0.25, 0.3) is 0 Å². The number of primary sulfonamides is 1. The molecule has 0 unspecified atom stereocenters. The zero-order chi connectivity index (χ0) is 14.3. The van der Waals surface area contributed by atoms with Crippen LogP contribution in [0.3, 0.4) is 0 Å². The number of nitrogens with two attached hydrogens (primary N) is 1. The highest BCUT2D eigenvalue weighted by Gasteiger charge is 2.06. The van der Waals surface area contributed by atoms with E-state index in [0.29, 0.717) is 25.8 Å². The summed E-state index contributed by atoms with van der Waals surface area (Å²) in [6.07, 6.45) is 3.44. The summed E-state index contributed by atoms with van der Waals surface area (Å²) in [7, 11) is -3.64. The van der Waals surface area contributed by atoms with Crippen LogP contribution in [0, 0.1) is 0 Å². The monoisotopic (exact) mass is 282 g/mol. The van der Waals surface area contributed by atoms with Crippen molar-refractivity contribution >= 4 is 15.9 Å². The van der Waals surface area contributed by atoms with E-state index in [1.54, 1.807) is 18.2 Å². The standard InChI is InChI=1S/C13H18N2O3S/c1-2-3-4-13(16)15-10-9-11-5-7-12(8-6-11)19(14,17)18/h2,5-8H,1,3-4,9-10H2,(H,15,16)(H2,14,17,18). The lowest BCUT2D eigenvalue weighted by atomic mass is 10.1. The van der Waals surface area contributed by atoms with Gasteiger partial charge in [-0.25, -0.2) is 13.6 Å². The Kier molecular flexibility index (Phi) is 5.72. The number of allylic oxidation sites excluding steroid dienone is 1. The minimum atomic E-state index is -3.64. The van der Waals surface area contributed by atoms with Gasteiger partial charge in [0.1, 0.15) is 0 Å². The van der Waals surface area contributed by atoms with Gasteiger partial charge in [-0.2, -0.15) is 0 Å². The molecule has 0 aliphatic heterocycles. The Morgan fingerprint density at radius 3 is 2.47 bits per heavy atom. The summed E-state index contributed by atoms with van der Waals surface area (Å²) in [5, 5.41) is 7.78. The van der Waals surface area contributed by atoms with E-state index in [2.05, 4.69) is 11.9 Å². The van der Waals surface area contributed by atoms with Crippen molar-refractivity contribution < 1.29 is 13.2 Å². The molecule has 0 heterocycles. The highest BCUT2D eigenvalue weighted by molar-refractivity contribution is 7.89. The van der Waals surface area contributed by atoms with Crippen molar-refractivity contribution in [1.82, 2.24) is 5.32 Å². The summed E-state index contributed by atoms with van der Waals surface area (Å²) < 4.78 is 22.1. The van der Waals surface area contributed by atoms with Gasteiger partial charge in [-0.05, 0) is 30.5 Å². The summed E-state index contributed by atoms with van der Waals surface area (Å²) >= 11 is 0. The van der Waals surface area contributed by atoms with Crippen LogP contribution in [-0.2, 0) is 21.2 Å². The minimum absolute atomic E-state index is 0.0129. The molecule has 6 heteroatoms. The summed E-state index contributed by atoms with van der Waals surface area (Å²) in [5.74, 6) is -0.0129. The van der Waals surface area contributed by atoms with Crippen LogP contribution in [0.1, 0.15) is 18.4 Å². The van der Waals surface area contributed by atoms with Gasteiger partial charge in [0.05, 0.1) is 4.90 Å². The molecule has 0 atom stereocenters. The van der Waals surface area contributed by atoms with Crippen LogP contribution in [0.5, 0.6) is 0 Å². The molecule has 5 nitrogen and oxygen atoms in total. The van der Waals surface area contributed by atoms with E-state index < -0.39 is 10.0 Å². The Morgan fingerprint density at radius 2 is 1.95 bits per heavy atom. The molecule has 0 saturated carbocycles. The third-order valence-corrected chi connectivity index (χ3v) is 3.49. The van der Waals surface area contributed by atoms with Crippen molar-refractivity contribution in [1.29, 1.82) is 0 Å². The number of carbonyl (C=O) groups is 1. The smallest absolute Gasteiger partial charge is 0.238 e. The van der Waals surface area contributed by atoms with Crippen molar-refractivity contribution in [2.75, 3.05) is 6.54 Å². The van der Waals surface area contributed by atoms with Crippen LogP contribution < -0.4 is 10.5 Å². The maximum Gasteiger partial charge on any atom is 0.238 e. The lowest BCUT2D eigenvalue weighted by Gasteiger charge is -2.05. The maximum atomic E-state index is 11.3. The lowest BCUT2D eigenvalue weighted by molar-refractivity contribution is -0.120. The topological polar surface area (TPSA) is 89.3 Å². The van der Waals surface area contributed by atoms with Crippen LogP contribution in [-0.4, -0.2) is 20.9 Å². The first-order chi connectivity index (χ1) is 8.93. The predicted octanol–water partition coefficient (Wildman–Crippen LogP) is 0.959. The largest absolute Gasteiger partial charge is 0.356 e. The van der Waals surface area contributed by atoms with Gasteiger partial charge in [-0.15, -0.1) is 6.58 Å². The fourth-order valence-corrected chi connectivity index (χ4v) is 2.03. The summed E-state index contributed by atoms with van der Waals surface area (Å²) in [5.41, 5.74) is 0.941. The highest BCUT2D eigenvalue weighted by atomic mass is 32.2. The Morgan fingerprint density at radius 1 is 1.32 bits per heavy atom. The van der Waals surface area contributed by atoms with E-state index in [-0.39, 0.29) is 10.8 Å². The summed E-state index contributed by atoms with van der Waals surface area (Å²) in [6, 6.07) is 6.31. The molecule has 1 aromatic rings. The van der Waals surface area contributed by atoms with Crippen LogP contribution >= 0.6 is 0 Å². The number of amides is 1. The van der Waals surface area contributed by atoms with Crippen molar-refractivity contribution in [3.05, 3.63) is 42.5 Å². The second kappa shape index (κ2) is 7.06. The molecule has 104 valence electrons. The van der Waals surface area contributed by atoms with E-state index >= 15 is 0 Å². The van der Waals surface area contributed by atoms with Gasteiger partial charge in [-0.1, -0.05) is 18.2 Å². The molecule has 0 spiro atoms. The van der Waals surface area contributed by atoms with E-state index in [1.807, 2.05) is 0 Å². The summed E-state index contributed by atoms with van der Waals surface area (Å²) in [4.78, 5) is 11.4. The van der Waals surface area contributed by atoms with Crippen molar-refractivity contribution in [3.63, 3.8) is 0 Å². The third-order valence-electron chi connectivity index (χ3n) is 2.56. The van der Waals surface area contributed by atoms with E-state index in [9.17, 15) is 13.2 Å². The van der Waals surface area contributed by atoms with E-state index in [1.165, 1.54) is 12.1 Å². The Hall–Kier alpha value is -1.66. The molecule has 0 aliphatic carbocycles. The van der Waals surface area contributed by atoms with Crippen molar-refractivity contribution in [2.45, 2.75) is 24.2 Å². The number of carbonyl (C=O) groups excluding carboxylic acids is 1. The molecule has 3 N–H and O–H groups in total. The molecule has 1 amide bonds. The van der Waals surface area contributed by atoms with Gasteiger partial charge in [0.15, 0.2) is 0 Å². The van der Waals surface area contributed by atoms with Crippen molar-refractivity contribution in [3.8, 4) is 0 Å². The van der Waals surface area contributed by atoms with Gasteiger partial charge >= 0.3 is 0 Å². The Balaban J connectivity index is 2.42. The Bertz CT molecular complexity index is 536. The normalized spacial score (nSPS) is 11.0. The Labute approximate surface area is 113 Å². The van der Waals surface area contributed by atoms with Crippen molar-refractivity contribution in [2.24, 2.45) is 5.14 Å². The second-order valence-corrected chi connectivity index (χ2v) is 5.68. The molecule has 19 heavy (non-hydrogen) atoms. The lowest BCUT2D eigenvalue weighted by Crippen LogP contribution is -2.25. The van der Waals surface area contributed by atoms with Gasteiger partial charge in [0, 0.05) is 13.0 Å². The SMILES string of the molecule is C=CCCC(=O)NCCc1ccc(S(N)(=O)=O)cc1. The number of sulfonamides is 1. The van der Waals surface area contributed by atoms with Gasteiger partial charge in [0.2, 0.25) is 15.9 Å². The first-order valence-corrected chi connectivity index (χ1v) is 7.47. The second-order valence-electron chi connectivity index (χ2n) is 4.12. The molecular formula is C13H18N2O3S. The van der Waals surface area contributed by atoms with Crippen LogP contribution in [0.15, 0.2) is 41.8 Å². The number of hydrogen-bond acceptors (Lipinski definition) is 3. The molecule has 0 saturated heterocycles. The predicted molar refractivity (Wildman–Crippen MR) is 74.0 cm³/mol. The third kappa shape index (κ3) is 5.67. The van der Waals surface area contributed by atoms with Crippen LogP contribution in [0.4, 0.5) is 0 Å². The van der Waals surface area contributed by atoms with E-state index in [4.69, 9.17) is 5.14 Å². The molecule has 0 radical (unpaired) electrons. The fraction of sp³-hybridized carbons (Fsp3) is 0.308. The molecule has 0 aliphatic rings.